The molecule has 0 aromatic heterocycles. The van der Waals surface area contributed by atoms with Crippen molar-refractivity contribution in [2.45, 2.75) is 38.6 Å². The van der Waals surface area contributed by atoms with Crippen LogP contribution in [0.15, 0.2) is 0 Å². The van der Waals surface area contributed by atoms with Crippen molar-refractivity contribution in [3.63, 3.8) is 0 Å². The average molecular weight is 225 g/mol. The number of rotatable bonds is 3. The molecule has 2 aliphatic rings. The number of nitrogens with two attached hydrogens (primary N) is 1. The molecule has 3 atom stereocenters. The first-order valence-corrected chi connectivity index (χ1v) is 6.94. The molecule has 2 rings (SSSR count). The number of piperidine rings is 2. The Hall–Kier alpha value is -0.120. The van der Waals surface area contributed by atoms with Gasteiger partial charge in [0, 0.05) is 12.6 Å². The predicted octanol–water partition coefficient (Wildman–Crippen LogP) is 1.05. The Morgan fingerprint density at radius 3 is 2.81 bits per heavy atom. The highest BCUT2D eigenvalue weighted by Crippen LogP contribution is 2.22. The molecule has 16 heavy (non-hydrogen) atoms. The van der Waals surface area contributed by atoms with Crippen molar-refractivity contribution in [2.24, 2.45) is 17.6 Å². The molecule has 94 valence electrons. The summed E-state index contributed by atoms with van der Waals surface area (Å²) in [7, 11) is 0. The molecular weight excluding hydrogens is 198 g/mol. The van der Waals surface area contributed by atoms with Crippen LogP contribution in [0.25, 0.3) is 0 Å². The van der Waals surface area contributed by atoms with Gasteiger partial charge in [-0.3, -0.25) is 0 Å². The first kappa shape index (κ1) is 12.3. The Kier molecular flexibility index (Phi) is 4.62. The molecule has 0 amide bonds. The van der Waals surface area contributed by atoms with E-state index in [0.717, 1.165) is 25.0 Å². The van der Waals surface area contributed by atoms with E-state index in [1.54, 1.807) is 0 Å². The fourth-order valence-electron chi connectivity index (χ4n) is 3.21. The van der Waals surface area contributed by atoms with Crippen molar-refractivity contribution in [1.29, 1.82) is 0 Å². The van der Waals surface area contributed by atoms with Crippen LogP contribution in [-0.4, -0.2) is 43.7 Å². The van der Waals surface area contributed by atoms with Gasteiger partial charge in [0.15, 0.2) is 0 Å². The summed E-state index contributed by atoms with van der Waals surface area (Å²) in [6.45, 7) is 8.15. The lowest BCUT2D eigenvalue weighted by Gasteiger charge is -2.38. The largest absolute Gasteiger partial charge is 0.330 e. The van der Waals surface area contributed by atoms with Gasteiger partial charge in [-0.2, -0.15) is 0 Å². The average Bonchev–Trinajstić information content (AvgIpc) is 2.32. The molecule has 0 radical (unpaired) electrons. The van der Waals surface area contributed by atoms with E-state index in [0.29, 0.717) is 5.92 Å². The minimum Gasteiger partial charge on any atom is -0.330 e. The van der Waals surface area contributed by atoms with Crippen molar-refractivity contribution in [1.82, 2.24) is 10.2 Å². The highest BCUT2D eigenvalue weighted by Gasteiger charge is 2.25. The smallest absolute Gasteiger partial charge is 0.00670 e. The van der Waals surface area contributed by atoms with E-state index in [4.69, 9.17) is 5.73 Å². The second kappa shape index (κ2) is 5.99. The SMILES string of the molecule is CC1CCCCN1CC1CNCC(CN)C1. The van der Waals surface area contributed by atoms with Crippen molar-refractivity contribution < 1.29 is 0 Å². The normalized spacial score (nSPS) is 37.5. The van der Waals surface area contributed by atoms with Gasteiger partial charge in [-0.1, -0.05) is 6.42 Å². The van der Waals surface area contributed by atoms with Crippen LogP contribution in [0, 0.1) is 11.8 Å². The molecule has 0 spiro atoms. The van der Waals surface area contributed by atoms with Gasteiger partial charge < -0.3 is 16.0 Å². The summed E-state index contributed by atoms with van der Waals surface area (Å²) in [6.07, 6.45) is 5.53. The number of nitrogens with one attached hydrogen (secondary N) is 1. The highest BCUT2D eigenvalue weighted by molar-refractivity contribution is 4.82. The summed E-state index contributed by atoms with van der Waals surface area (Å²) >= 11 is 0. The van der Waals surface area contributed by atoms with E-state index < -0.39 is 0 Å². The summed E-state index contributed by atoms with van der Waals surface area (Å²) in [5.41, 5.74) is 5.77. The molecule has 2 saturated heterocycles. The molecular formula is C13H27N3. The minimum absolute atomic E-state index is 0.707. The van der Waals surface area contributed by atoms with E-state index in [2.05, 4.69) is 17.1 Å². The lowest BCUT2D eigenvalue weighted by atomic mass is 9.89. The maximum atomic E-state index is 5.77. The van der Waals surface area contributed by atoms with E-state index in [9.17, 15) is 0 Å². The molecule has 2 fully saturated rings. The number of nitrogens with zero attached hydrogens (tertiary/aromatic N) is 1. The molecule has 3 heteroatoms. The number of hydrogen-bond donors (Lipinski definition) is 2. The molecule has 3 unspecified atom stereocenters. The zero-order valence-electron chi connectivity index (χ0n) is 10.6. The Balaban J connectivity index is 1.79. The first-order chi connectivity index (χ1) is 7.79. The molecule has 2 aliphatic heterocycles. The molecule has 0 aromatic rings. The van der Waals surface area contributed by atoms with Crippen LogP contribution in [0.4, 0.5) is 0 Å². The van der Waals surface area contributed by atoms with Crippen LogP contribution in [0.3, 0.4) is 0 Å². The monoisotopic (exact) mass is 225 g/mol. The Labute approximate surface area is 99.8 Å². The lowest BCUT2D eigenvalue weighted by molar-refractivity contribution is 0.118. The topological polar surface area (TPSA) is 41.3 Å². The van der Waals surface area contributed by atoms with Crippen molar-refractivity contribution in [3.05, 3.63) is 0 Å². The molecule has 0 saturated carbocycles. The van der Waals surface area contributed by atoms with E-state index in [-0.39, 0.29) is 0 Å². The van der Waals surface area contributed by atoms with Crippen molar-refractivity contribution in [2.75, 3.05) is 32.7 Å². The summed E-state index contributed by atoms with van der Waals surface area (Å²) in [6, 6.07) is 0.798. The van der Waals surface area contributed by atoms with Crippen LogP contribution in [0.2, 0.25) is 0 Å². The van der Waals surface area contributed by atoms with Crippen LogP contribution in [0.1, 0.15) is 32.6 Å². The first-order valence-electron chi connectivity index (χ1n) is 6.94. The molecule has 3 N–H and O–H groups in total. The van der Waals surface area contributed by atoms with Crippen molar-refractivity contribution in [3.8, 4) is 0 Å². The van der Waals surface area contributed by atoms with Crippen LogP contribution < -0.4 is 11.1 Å². The quantitative estimate of drug-likeness (QED) is 0.754. The van der Waals surface area contributed by atoms with Gasteiger partial charge in [0.05, 0.1) is 0 Å². The van der Waals surface area contributed by atoms with Gasteiger partial charge in [0.1, 0.15) is 0 Å². The Morgan fingerprint density at radius 1 is 1.25 bits per heavy atom. The minimum atomic E-state index is 0.707. The standard InChI is InChI=1S/C13H27N3/c1-11-4-2-3-5-16(11)10-13-6-12(7-14)8-15-9-13/h11-13,15H,2-10,14H2,1H3. The van der Waals surface area contributed by atoms with Crippen molar-refractivity contribution >= 4 is 0 Å². The second-order valence-electron chi connectivity index (χ2n) is 5.70. The van der Waals surface area contributed by atoms with Gasteiger partial charge in [-0.25, -0.2) is 0 Å². The molecule has 0 aromatic carbocycles. The number of likely N-dealkylation sites (tertiary alicyclic amines) is 1. The van der Waals surface area contributed by atoms with Gasteiger partial charge in [0.25, 0.3) is 0 Å². The summed E-state index contributed by atoms with van der Waals surface area (Å²) in [4.78, 5) is 2.69. The molecule has 3 nitrogen and oxygen atoms in total. The maximum Gasteiger partial charge on any atom is 0.00670 e. The number of hydrogen-bond acceptors (Lipinski definition) is 3. The van der Waals surface area contributed by atoms with Crippen LogP contribution in [-0.2, 0) is 0 Å². The van der Waals surface area contributed by atoms with Crippen LogP contribution in [0.5, 0.6) is 0 Å². The summed E-state index contributed by atoms with van der Waals surface area (Å²) < 4.78 is 0. The predicted molar refractivity (Wildman–Crippen MR) is 68.4 cm³/mol. The fourth-order valence-corrected chi connectivity index (χ4v) is 3.21. The third kappa shape index (κ3) is 3.19. The lowest BCUT2D eigenvalue weighted by Crippen LogP contribution is -2.47. The van der Waals surface area contributed by atoms with Gasteiger partial charge in [0.2, 0.25) is 0 Å². The van der Waals surface area contributed by atoms with Gasteiger partial charge in [-0.15, -0.1) is 0 Å². The van der Waals surface area contributed by atoms with E-state index in [1.807, 2.05) is 0 Å². The third-order valence-corrected chi connectivity index (χ3v) is 4.30. The molecule has 2 heterocycles. The fraction of sp³-hybridized carbons (Fsp3) is 1.00. The maximum absolute atomic E-state index is 5.77. The molecule has 0 bridgehead atoms. The summed E-state index contributed by atoms with van der Waals surface area (Å²) in [5, 5.41) is 3.53. The second-order valence-corrected chi connectivity index (χ2v) is 5.70. The third-order valence-electron chi connectivity index (χ3n) is 4.30. The summed E-state index contributed by atoms with van der Waals surface area (Å²) in [5.74, 6) is 1.53. The van der Waals surface area contributed by atoms with E-state index >= 15 is 0 Å². The zero-order valence-corrected chi connectivity index (χ0v) is 10.6. The van der Waals surface area contributed by atoms with E-state index in [1.165, 1.54) is 45.3 Å². The Morgan fingerprint density at radius 2 is 2.06 bits per heavy atom. The highest BCUT2D eigenvalue weighted by atomic mass is 15.2. The van der Waals surface area contributed by atoms with Gasteiger partial charge >= 0.3 is 0 Å². The van der Waals surface area contributed by atoms with Crippen LogP contribution >= 0.6 is 0 Å². The molecule has 0 aliphatic carbocycles. The Bertz CT molecular complexity index is 207. The van der Waals surface area contributed by atoms with Gasteiger partial charge in [-0.05, 0) is 64.2 Å². The zero-order chi connectivity index (χ0) is 11.4.